The average molecular weight is 437 g/mol. The van der Waals surface area contributed by atoms with Gasteiger partial charge >= 0.3 is 5.97 Å². The molecule has 0 aromatic carbocycles. The van der Waals surface area contributed by atoms with Crippen molar-refractivity contribution in [1.82, 2.24) is 0 Å². The minimum absolute atomic E-state index is 0.0751. The van der Waals surface area contributed by atoms with Crippen LogP contribution in [0.5, 0.6) is 0 Å². The Hall–Kier alpha value is -1.25. The van der Waals surface area contributed by atoms with E-state index in [9.17, 15) is 20.1 Å². The number of hydrogen-bond acceptors (Lipinski definition) is 7. The zero-order chi connectivity index (χ0) is 23.2. The van der Waals surface area contributed by atoms with Gasteiger partial charge in [0.1, 0.15) is 23.4 Å². The predicted octanol–water partition coefficient (Wildman–Crippen LogP) is 2.03. The van der Waals surface area contributed by atoms with E-state index in [0.717, 1.165) is 0 Å². The fourth-order valence-electron chi connectivity index (χ4n) is 7.84. The molecule has 2 saturated carbocycles. The molecule has 2 bridgehead atoms. The van der Waals surface area contributed by atoms with Crippen LogP contribution in [-0.4, -0.2) is 69.1 Å². The summed E-state index contributed by atoms with van der Waals surface area (Å²) in [6.07, 6.45) is -1.20. The van der Waals surface area contributed by atoms with E-state index in [2.05, 4.69) is 6.58 Å². The third-order valence-corrected chi connectivity index (χ3v) is 8.88. The fourth-order valence-corrected chi connectivity index (χ4v) is 7.84. The highest BCUT2D eigenvalue weighted by atomic mass is 16.6. The monoisotopic (exact) mass is 436 g/mol. The molecular weight excluding hydrogens is 400 g/mol. The molecule has 6 unspecified atom stereocenters. The molecule has 31 heavy (non-hydrogen) atoms. The van der Waals surface area contributed by atoms with Gasteiger partial charge in [-0.25, -0.2) is 0 Å². The molecular formula is C24H36O7. The topological polar surface area (TPSA) is 105 Å². The van der Waals surface area contributed by atoms with E-state index < -0.39 is 46.0 Å². The first-order valence-corrected chi connectivity index (χ1v) is 11.3. The maximum atomic E-state index is 13.1. The number of carbonyl (C=O) groups excluding carboxylic acids is 1. The van der Waals surface area contributed by atoms with Gasteiger partial charge < -0.3 is 29.5 Å². The summed E-state index contributed by atoms with van der Waals surface area (Å²) >= 11 is 0. The molecule has 1 aliphatic heterocycles. The Morgan fingerprint density at radius 2 is 1.94 bits per heavy atom. The number of carbonyl (C=O) groups is 1. The summed E-state index contributed by atoms with van der Waals surface area (Å²) in [4.78, 5) is 13.1. The normalized spacial score (nSPS) is 50.9. The Bertz CT molecular complexity index is 866. The van der Waals surface area contributed by atoms with Crippen molar-refractivity contribution in [2.24, 2.45) is 11.3 Å². The lowest BCUT2D eigenvalue weighted by Crippen LogP contribution is -2.78. The van der Waals surface area contributed by atoms with Crippen LogP contribution in [-0.2, 0) is 19.0 Å². The zero-order valence-corrected chi connectivity index (χ0v) is 19.4. The summed E-state index contributed by atoms with van der Waals surface area (Å²) in [5.41, 5.74) is -7.22. The van der Waals surface area contributed by atoms with Crippen LogP contribution < -0.4 is 0 Å². The number of esters is 1. The highest BCUT2D eigenvalue weighted by Crippen LogP contribution is 2.78. The minimum atomic E-state index is -2.13. The second-order valence-electron chi connectivity index (χ2n) is 10.1. The lowest BCUT2D eigenvalue weighted by molar-refractivity contribution is -0.325. The molecule has 8 atom stereocenters. The van der Waals surface area contributed by atoms with Gasteiger partial charge in [-0.2, -0.15) is 0 Å². The number of aliphatic hydroxyl groups is 3. The maximum Gasteiger partial charge on any atom is 0.307 e. The number of hydrogen-bond donors (Lipinski definition) is 3. The molecule has 4 rings (SSSR count). The van der Waals surface area contributed by atoms with E-state index in [-0.39, 0.29) is 12.3 Å². The third-order valence-electron chi connectivity index (χ3n) is 8.88. The zero-order valence-electron chi connectivity index (χ0n) is 19.4. The Labute approximate surface area is 184 Å². The SMILES string of the molecule is C=C(C)C1=C(C)C2(O)C34OC(=O)CC(C)([C@@]3(OCC)CCC(C)C4OCC)[C@]2(O)C1O. The summed E-state index contributed by atoms with van der Waals surface area (Å²) in [5, 5.41) is 36.6. The van der Waals surface area contributed by atoms with Crippen molar-refractivity contribution in [2.45, 2.75) is 95.4 Å². The largest absolute Gasteiger partial charge is 0.449 e. The summed E-state index contributed by atoms with van der Waals surface area (Å²) in [6, 6.07) is 0. The summed E-state index contributed by atoms with van der Waals surface area (Å²) in [7, 11) is 0. The van der Waals surface area contributed by atoms with E-state index in [0.29, 0.717) is 42.8 Å². The molecule has 3 N–H and O–H groups in total. The number of ether oxygens (including phenoxy) is 3. The fraction of sp³-hybridized carbons (Fsp3) is 0.792. The van der Waals surface area contributed by atoms with E-state index in [1.54, 1.807) is 20.8 Å². The Morgan fingerprint density at radius 3 is 2.48 bits per heavy atom. The van der Waals surface area contributed by atoms with Crippen LogP contribution >= 0.6 is 0 Å². The van der Waals surface area contributed by atoms with Crippen LogP contribution in [0.25, 0.3) is 0 Å². The first-order valence-electron chi connectivity index (χ1n) is 11.3. The standard InChI is InChI=1S/C24H36O7/c1-8-29-19-14(5)10-11-21(30-9-2)20(7)12-16(25)31-24(19,21)22(27)15(6)17(13(3)4)18(26)23(20,22)28/h14,18-19,26-28H,3,8-12H2,1-2,4-7H3/t14?,18?,19?,20?,21-,22?,23+,24?/m0/s1. The molecule has 1 heterocycles. The molecule has 0 radical (unpaired) electrons. The predicted molar refractivity (Wildman–Crippen MR) is 113 cm³/mol. The number of aliphatic hydroxyl groups excluding tert-OH is 1. The second kappa shape index (κ2) is 6.64. The number of fused-ring (bicyclic) bond motifs is 2. The third kappa shape index (κ3) is 2.03. The van der Waals surface area contributed by atoms with Gasteiger partial charge in [0.2, 0.25) is 5.60 Å². The molecule has 7 heteroatoms. The van der Waals surface area contributed by atoms with Gasteiger partial charge in [0, 0.05) is 18.6 Å². The van der Waals surface area contributed by atoms with Crippen molar-refractivity contribution < 1.29 is 34.3 Å². The molecule has 0 spiro atoms. The lowest BCUT2D eigenvalue weighted by atomic mass is 9.55. The van der Waals surface area contributed by atoms with E-state index in [4.69, 9.17) is 14.2 Å². The highest BCUT2D eigenvalue weighted by molar-refractivity contribution is 5.78. The molecule has 7 nitrogen and oxygen atoms in total. The van der Waals surface area contributed by atoms with Crippen molar-refractivity contribution in [1.29, 1.82) is 0 Å². The van der Waals surface area contributed by atoms with Crippen molar-refractivity contribution in [3.8, 4) is 0 Å². The van der Waals surface area contributed by atoms with Gasteiger partial charge in [0.25, 0.3) is 0 Å². The molecule has 174 valence electrons. The number of rotatable bonds is 5. The van der Waals surface area contributed by atoms with Crippen LogP contribution in [0.3, 0.4) is 0 Å². The molecule has 0 aromatic heterocycles. The Balaban J connectivity index is 2.18. The summed E-state index contributed by atoms with van der Waals surface area (Å²) < 4.78 is 18.8. The van der Waals surface area contributed by atoms with E-state index in [1.165, 1.54) is 0 Å². The smallest absolute Gasteiger partial charge is 0.307 e. The van der Waals surface area contributed by atoms with E-state index in [1.807, 2.05) is 20.8 Å². The molecule has 3 aliphatic carbocycles. The van der Waals surface area contributed by atoms with Crippen LogP contribution in [0.1, 0.15) is 60.8 Å². The Morgan fingerprint density at radius 1 is 1.29 bits per heavy atom. The van der Waals surface area contributed by atoms with Gasteiger partial charge in [0.15, 0.2) is 5.60 Å². The van der Waals surface area contributed by atoms with Gasteiger partial charge in [-0.05, 0) is 57.6 Å². The molecule has 0 aromatic rings. The van der Waals surface area contributed by atoms with E-state index >= 15 is 0 Å². The summed E-state index contributed by atoms with van der Waals surface area (Å²) in [6.45, 7) is 15.4. The van der Waals surface area contributed by atoms with Gasteiger partial charge in [-0.3, -0.25) is 4.79 Å². The van der Waals surface area contributed by atoms with Crippen LogP contribution in [0.4, 0.5) is 0 Å². The highest BCUT2D eigenvalue weighted by Gasteiger charge is 2.96. The van der Waals surface area contributed by atoms with Gasteiger partial charge in [-0.15, -0.1) is 0 Å². The second-order valence-corrected chi connectivity index (χ2v) is 10.1. The average Bonchev–Trinajstić information content (AvgIpc) is 2.88. The van der Waals surface area contributed by atoms with Crippen molar-refractivity contribution in [2.75, 3.05) is 13.2 Å². The maximum absolute atomic E-state index is 13.1. The van der Waals surface area contributed by atoms with Crippen molar-refractivity contribution >= 4 is 5.97 Å². The quantitative estimate of drug-likeness (QED) is 0.566. The van der Waals surface area contributed by atoms with Crippen LogP contribution in [0.2, 0.25) is 0 Å². The van der Waals surface area contributed by atoms with Crippen molar-refractivity contribution in [3.63, 3.8) is 0 Å². The Kier molecular flexibility index (Phi) is 4.91. The lowest BCUT2D eigenvalue weighted by Gasteiger charge is -2.62. The molecule has 1 saturated heterocycles. The molecule has 3 fully saturated rings. The summed E-state index contributed by atoms with van der Waals surface area (Å²) in [5.74, 6) is -0.612. The molecule has 4 aliphatic rings. The van der Waals surface area contributed by atoms with Crippen molar-refractivity contribution in [3.05, 3.63) is 23.3 Å². The van der Waals surface area contributed by atoms with Crippen LogP contribution in [0, 0.1) is 11.3 Å². The van der Waals surface area contributed by atoms with Gasteiger partial charge in [0.05, 0.1) is 6.42 Å². The minimum Gasteiger partial charge on any atom is -0.449 e. The van der Waals surface area contributed by atoms with Crippen LogP contribution in [0.15, 0.2) is 23.3 Å². The first-order chi connectivity index (χ1) is 14.4. The van der Waals surface area contributed by atoms with Gasteiger partial charge in [-0.1, -0.05) is 26.0 Å². The molecule has 0 amide bonds. The first kappa shape index (κ1) is 22.9.